The molecule has 2 N–H and O–H groups in total. The molecule has 1 heterocycles. The molecule has 0 bridgehead atoms. The maximum absolute atomic E-state index is 12.2. The van der Waals surface area contributed by atoms with Crippen molar-refractivity contribution >= 4 is 23.5 Å². The van der Waals surface area contributed by atoms with Crippen molar-refractivity contribution in [3.05, 3.63) is 34.9 Å². The van der Waals surface area contributed by atoms with Gasteiger partial charge in [0, 0.05) is 24.7 Å². The van der Waals surface area contributed by atoms with E-state index in [0.29, 0.717) is 17.5 Å². The first kappa shape index (κ1) is 17.6. The largest absolute Gasteiger partial charge is 0.357 e. The normalized spacial score (nSPS) is 15.4. The van der Waals surface area contributed by atoms with E-state index in [4.69, 9.17) is 11.6 Å². The molecule has 0 atom stereocenters. The van der Waals surface area contributed by atoms with Crippen molar-refractivity contribution < 1.29 is 4.79 Å². The maximum atomic E-state index is 12.2. The summed E-state index contributed by atoms with van der Waals surface area (Å²) in [5.41, 5.74) is 1.04. The third-order valence-electron chi connectivity index (χ3n) is 3.77. The van der Waals surface area contributed by atoms with Crippen LogP contribution in [0.1, 0.15) is 31.7 Å². The molecule has 1 aromatic rings. The molecule has 2 rings (SSSR count). The number of hydrogen-bond donors (Lipinski definition) is 2. The predicted molar refractivity (Wildman–Crippen MR) is 94.7 cm³/mol. The number of hydrogen-bond acceptors (Lipinski definition) is 2. The van der Waals surface area contributed by atoms with Crippen LogP contribution in [0.4, 0.5) is 0 Å². The van der Waals surface area contributed by atoms with Gasteiger partial charge in [0.2, 0.25) is 5.91 Å². The fraction of sp³-hybridized carbons (Fsp3) is 0.529. The number of aliphatic imine (C=N–C) groups is 1. The second kappa shape index (κ2) is 9.40. The zero-order valence-electron chi connectivity index (χ0n) is 13.6. The van der Waals surface area contributed by atoms with Crippen molar-refractivity contribution in [2.24, 2.45) is 4.99 Å². The van der Waals surface area contributed by atoms with Gasteiger partial charge in [-0.25, -0.2) is 4.99 Å². The summed E-state index contributed by atoms with van der Waals surface area (Å²) in [5, 5.41) is 6.98. The van der Waals surface area contributed by atoms with Gasteiger partial charge < -0.3 is 15.5 Å². The molecule has 23 heavy (non-hydrogen) atoms. The summed E-state index contributed by atoms with van der Waals surface area (Å²) in [7, 11) is 0. The molecule has 1 aliphatic heterocycles. The van der Waals surface area contributed by atoms with Crippen LogP contribution < -0.4 is 10.6 Å². The Morgan fingerprint density at radius 3 is 2.74 bits per heavy atom. The van der Waals surface area contributed by atoms with E-state index in [-0.39, 0.29) is 12.5 Å². The van der Waals surface area contributed by atoms with E-state index in [1.807, 2.05) is 36.1 Å². The summed E-state index contributed by atoms with van der Waals surface area (Å²) in [6, 6.07) is 7.63. The number of nitrogens with zero attached hydrogens (tertiary/aromatic N) is 2. The van der Waals surface area contributed by atoms with Gasteiger partial charge in [-0.15, -0.1) is 0 Å². The highest BCUT2D eigenvalue weighted by Gasteiger charge is 2.16. The SMILES string of the molecule is CCNC(=NCc1cccc(Cl)c1)NCC(=O)N1CCCCC1. The Morgan fingerprint density at radius 2 is 2.04 bits per heavy atom. The molecule has 0 spiro atoms. The minimum atomic E-state index is 0.137. The number of likely N-dealkylation sites (tertiary alicyclic amines) is 1. The van der Waals surface area contributed by atoms with E-state index in [9.17, 15) is 4.79 Å². The van der Waals surface area contributed by atoms with Crippen molar-refractivity contribution in [3.8, 4) is 0 Å². The molecule has 1 aliphatic rings. The Balaban J connectivity index is 1.87. The lowest BCUT2D eigenvalue weighted by atomic mass is 10.1. The molecule has 1 saturated heterocycles. The first-order valence-electron chi connectivity index (χ1n) is 8.23. The number of carbonyl (C=O) groups is 1. The van der Waals surface area contributed by atoms with Crippen molar-refractivity contribution in [1.82, 2.24) is 15.5 Å². The van der Waals surface area contributed by atoms with Gasteiger partial charge in [-0.3, -0.25) is 4.79 Å². The molecule has 1 fully saturated rings. The van der Waals surface area contributed by atoms with Crippen molar-refractivity contribution in [3.63, 3.8) is 0 Å². The van der Waals surface area contributed by atoms with Crippen molar-refractivity contribution in [2.45, 2.75) is 32.7 Å². The van der Waals surface area contributed by atoms with E-state index in [1.165, 1.54) is 6.42 Å². The zero-order valence-corrected chi connectivity index (χ0v) is 14.4. The van der Waals surface area contributed by atoms with Gasteiger partial charge in [-0.2, -0.15) is 0 Å². The minimum absolute atomic E-state index is 0.137. The molecule has 0 radical (unpaired) electrons. The molecular weight excluding hydrogens is 312 g/mol. The van der Waals surface area contributed by atoms with E-state index >= 15 is 0 Å². The van der Waals surface area contributed by atoms with Crippen LogP contribution in [0, 0.1) is 0 Å². The number of halogens is 1. The van der Waals surface area contributed by atoms with Crippen LogP contribution in [0.2, 0.25) is 5.02 Å². The average molecular weight is 337 g/mol. The molecule has 5 nitrogen and oxygen atoms in total. The zero-order chi connectivity index (χ0) is 16.5. The fourth-order valence-electron chi connectivity index (χ4n) is 2.56. The number of guanidine groups is 1. The van der Waals surface area contributed by atoms with Crippen LogP contribution in [0.3, 0.4) is 0 Å². The van der Waals surface area contributed by atoms with Gasteiger partial charge in [0.05, 0.1) is 13.1 Å². The quantitative estimate of drug-likeness (QED) is 0.641. The summed E-state index contributed by atoms with van der Waals surface area (Å²) < 4.78 is 0. The summed E-state index contributed by atoms with van der Waals surface area (Å²) in [6.45, 7) is 5.30. The highest BCUT2D eigenvalue weighted by Crippen LogP contribution is 2.11. The number of nitrogens with one attached hydrogen (secondary N) is 2. The van der Waals surface area contributed by atoms with Crippen LogP contribution in [-0.4, -0.2) is 42.9 Å². The van der Waals surface area contributed by atoms with Gasteiger partial charge >= 0.3 is 0 Å². The summed E-state index contributed by atoms with van der Waals surface area (Å²) in [6.07, 6.45) is 3.43. The predicted octanol–water partition coefficient (Wildman–Crippen LogP) is 2.41. The minimum Gasteiger partial charge on any atom is -0.357 e. The second-order valence-corrected chi connectivity index (χ2v) is 6.06. The second-order valence-electron chi connectivity index (χ2n) is 5.62. The maximum Gasteiger partial charge on any atom is 0.241 e. The number of rotatable bonds is 5. The molecular formula is C17H25ClN4O. The summed E-state index contributed by atoms with van der Waals surface area (Å²) in [5.74, 6) is 0.788. The molecule has 1 aromatic carbocycles. The topological polar surface area (TPSA) is 56.7 Å². The molecule has 0 aliphatic carbocycles. The van der Waals surface area contributed by atoms with Gasteiger partial charge in [0.25, 0.3) is 0 Å². The Hall–Kier alpha value is -1.75. The number of benzene rings is 1. The number of amides is 1. The lowest BCUT2D eigenvalue weighted by Gasteiger charge is -2.27. The Kier molecular flexibility index (Phi) is 7.20. The van der Waals surface area contributed by atoms with Gasteiger partial charge in [0.1, 0.15) is 0 Å². The van der Waals surface area contributed by atoms with Gasteiger partial charge in [-0.1, -0.05) is 23.7 Å². The van der Waals surface area contributed by atoms with E-state index in [0.717, 1.165) is 38.0 Å². The van der Waals surface area contributed by atoms with E-state index < -0.39 is 0 Å². The lowest BCUT2D eigenvalue weighted by Crippen LogP contribution is -2.46. The summed E-state index contributed by atoms with van der Waals surface area (Å²) in [4.78, 5) is 18.6. The molecule has 126 valence electrons. The van der Waals surface area contributed by atoms with Gasteiger partial charge in [-0.05, 0) is 43.9 Å². The van der Waals surface area contributed by atoms with Crippen molar-refractivity contribution in [2.75, 3.05) is 26.2 Å². The Labute approximate surface area is 143 Å². The highest BCUT2D eigenvalue weighted by atomic mass is 35.5. The van der Waals surface area contributed by atoms with Crippen LogP contribution in [0.25, 0.3) is 0 Å². The lowest BCUT2D eigenvalue weighted by molar-refractivity contribution is -0.130. The van der Waals surface area contributed by atoms with Crippen molar-refractivity contribution in [1.29, 1.82) is 0 Å². The third kappa shape index (κ3) is 6.10. The number of piperidine rings is 1. The van der Waals surface area contributed by atoms with Gasteiger partial charge in [0.15, 0.2) is 5.96 Å². The molecule has 1 amide bonds. The first-order chi connectivity index (χ1) is 11.2. The summed E-state index contributed by atoms with van der Waals surface area (Å²) >= 11 is 5.98. The standard InChI is InChI=1S/C17H25ClN4O/c1-2-19-17(20-12-14-7-6-8-15(18)11-14)21-13-16(23)22-9-4-3-5-10-22/h6-8,11H,2-5,9-10,12-13H2,1H3,(H2,19,20,21). The Morgan fingerprint density at radius 1 is 1.26 bits per heavy atom. The highest BCUT2D eigenvalue weighted by molar-refractivity contribution is 6.30. The first-order valence-corrected chi connectivity index (χ1v) is 8.61. The number of carbonyl (C=O) groups excluding carboxylic acids is 1. The van der Waals surface area contributed by atoms with E-state index in [2.05, 4.69) is 15.6 Å². The van der Waals surface area contributed by atoms with Crippen LogP contribution in [-0.2, 0) is 11.3 Å². The molecule has 6 heteroatoms. The monoisotopic (exact) mass is 336 g/mol. The molecule has 0 aromatic heterocycles. The van der Waals surface area contributed by atoms with E-state index in [1.54, 1.807) is 0 Å². The fourth-order valence-corrected chi connectivity index (χ4v) is 2.77. The molecule has 0 saturated carbocycles. The van der Waals surface area contributed by atoms with Crippen LogP contribution in [0.5, 0.6) is 0 Å². The smallest absolute Gasteiger partial charge is 0.241 e. The Bertz CT molecular complexity index is 541. The molecule has 0 unspecified atom stereocenters. The third-order valence-corrected chi connectivity index (χ3v) is 4.00. The van der Waals surface area contributed by atoms with Crippen LogP contribution >= 0.6 is 11.6 Å². The van der Waals surface area contributed by atoms with Crippen LogP contribution in [0.15, 0.2) is 29.3 Å². The average Bonchev–Trinajstić information content (AvgIpc) is 2.58.